The summed E-state index contributed by atoms with van der Waals surface area (Å²) >= 11 is 0. The molecule has 3 rings (SSSR count). The largest absolute Gasteiger partial charge is 0.497 e. The van der Waals surface area contributed by atoms with Gasteiger partial charge in [0.15, 0.2) is 0 Å². The molecule has 1 amide bonds. The molecule has 0 radical (unpaired) electrons. The van der Waals surface area contributed by atoms with Crippen LogP contribution in [0.1, 0.15) is 30.5 Å². The summed E-state index contributed by atoms with van der Waals surface area (Å²) in [6.07, 6.45) is 0.414. The molecule has 0 saturated carbocycles. The summed E-state index contributed by atoms with van der Waals surface area (Å²) in [6, 6.07) is 11.5. The second-order valence-electron chi connectivity index (χ2n) is 5.76. The Morgan fingerprint density at radius 2 is 1.80 bits per heavy atom. The highest BCUT2D eigenvalue weighted by Crippen LogP contribution is 2.36. The zero-order valence-electron chi connectivity index (χ0n) is 14.3. The SMILES string of the molecule is COc1cc(OC)cc(C2CC(c3ccccc3F)=NN2C(C)=O)c1. The fourth-order valence-corrected chi connectivity index (χ4v) is 2.94. The highest BCUT2D eigenvalue weighted by Gasteiger charge is 2.32. The molecule has 1 aliphatic rings. The van der Waals surface area contributed by atoms with Crippen LogP contribution in [-0.4, -0.2) is 30.8 Å². The zero-order chi connectivity index (χ0) is 18.0. The molecule has 0 fully saturated rings. The third-order valence-electron chi connectivity index (χ3n) is 4.18. The number of ether oxygens (including phenoxy) is 2. The molecule has 5 nitrogen and oxygen atoms in total. The molecular weight excluding hydrogens is 323 g/mol. The lowest BCUT2D eigenvalue weighted by Crippen LogP contribution is -2.24. The van der Waals surface area contributed by atoms with Crippen LogP contribution in [0, 0.1) is 5.82 Å². The predicted molar refractivity (Wildman–Crippen MR) is 92.4 cm³/mol. The smallest absolute Gasteiger partial charge is 0.240 e. The number of amides is 1. The summed E-state index contributed by atoms with van der Waals surface area (Å²) in [5, 5.41) is 5.75. The molecule has 0 aliphatic carbocycles. The second kappa shape index (κ2) is 6.93. The maximum absolute atomic E-state index is 14.1. The Hall–Kier alpha value is -2.89. The monoisotopic (exact) mass is 342 g/mol. The minimum absolute atomic E-state index is 0.210. The van der Waals surface area contributed by atoms with Crippen molar-refractivity contribution >= 4 is 11.6 Å². The van der Waals surface area contributed by atoms with Crippen LogP contribution in [0.5, 0.6) is 11.5 Å². The molecule has 1 aliphatic heterocycles. The molecule has 0 N–H and O–H groups in total. The topological polar surface area (TPSA) is 51.1 Å². The lowest BCUT2D eigenvalue weighted by Gasteiger charge is -2.21. The van der Waals surface area contributed by atoms with Crippen molar-refractivity contribution in [1.29, 1.82) is 0 Å². The first-order chi connectivity index (χ1) is 12.0. The fraction of sp³-hybridized carbons (Fsp3) is 0.263. The first kappa shape index (κ1) is 17.0. The van der Waals surface area contributed by atoms with Gasteiger partial charge in [-0.05, 0) is 23.8 Å². The van der Waals surface area contributed by atoms with E-state index in [2.05, 4.69) is 5.10 Å². The number of methoxy groups -OCH3 is 2. The van der Waals surface area contributed by atoms with Gasteiger partial charge in [0.05, 0.1) is 26.0 Å². The first-order valence-corrected chi connectivity index (χ1v) is 7.88. The number of hydrogen-bond acceptors (Lipinski definition) is 4. The van der Waals surface area contributed by atoms with Crippen molar-refractivity contribution in [2.45, 2.75) is 19.4 Å². The van der Waals surface area contributed by atoms with Crippen molar-refractivity contribution in [3.05, 3.63) is 59.4 Å². The quantitative estimate of drug-likeness (QED) is 0.854. The summed E-state index contributed by atoms with van der Waals surface area (Å²) in [4.78, 5) is 12.1. The standard InChI is InChI=1S/C19H19FN2O3/c1-12(23)22-19(13-8-14(24-2)10-15(9-13)25-3)11-18(21-22)16-6-4-5-7-17(16)20/h4-10,19H,11H2,1-3H3. The number of hydrogen-bond donors (Lipinski definition) is 0. The summed E-state index contributed by atoms with van der Waals surface area (Å²) in [5.74, 6) is 0.682. The number of hydrazone groups is 1. The Morgan fingerprint density at radius 1 is 1.16 bits per heavy atom. The van der Waals surface area contributed by atoms with E-state index in [1.165, 1.54) is 18.0 Å². The van der Waals surface area contributed by atoms with E-state index >= 15 is 0 Å². The predicted octanol–water partition coefficient (Wildman–Crippen LogP) is 3.54. The minimum atomic E-state index is -0.353. The van der Waals surface area contributed by atoms with Crippen LogP contribution in [0.3, 0.4) is 0 Å². The van der Waals surface area contributed by atoms with E-state index in [0.717, 1.165) is 5.56 Å². The van der Waals surface area contributed by atoms with Crippen LogP contribution in [0.25, 0.3) is 0 Å². The number of nitrogens with zero attached hydrogens (tertiary/aromatic N) is 2. The third kappa shape index (κ3) is 3.33. The Morgan fingerprint density at radius 3 is 2.36 bits per heavy atom. The average molecular weight is 342 g/mol. The molecule has 6 heteroatoms. The van der Waals surface area contributed by atoms with Gasteiger partial charge in [0.2, 0.25) is 5.91 Å². The molecule has 130 valence electrons. The molecule has 0 spiro atoms. The van der Waals surface area contributed by atoms with E-state index < -0.39 is 0 Å². The van der Waals surface area contributed by atoms with E-state index in [4.69, 9.17) is 9.47 Å². The molecule has 1 atom stereocenters. The fourth-order valence-electron chi connectivity index (χ4n) is 2.94. The van der Waals surface area contributed by atoms with Crippen molar-refractivity contribution in [1.82, 2.24) is 5.01 Å². The van der Waals surface area contributed by atoms with Crippen molar-refractivity contribution in [3.8, 4) is 11.5 Å². The van der Waals surface area contributed by atoms with Crippen LogP contribution in [0.2, 0.25) is 0 Å². The van der Waals surface area contributed by atoms with Gasteiger partial charge in [-0.25, -0.2) is 9.40 Å². The van der Waals surface area contributed by atoms with Crippen LogP contribution >= 0.6 is 0 Å². The van der Waals surface area contributed by atoms with Gasteiger partial charge < -0.3 is 9.47 Å². The minimum Gasteiger partial charge on any atom is -0.497 e. The summed E-state index contributed by atoms with van der Waals surface area (Å²) in [6.45, 7) is 1.44. The number of carbonyl (C=O) groups excluding carboxylic acids is 1. The number of carbonyl (C=O) groups is 1. The van der Waals surface area contributed by atoms with E-state index in [0.29, 0.717) is 29.2 Å². The summed E-state index contributed by atoms with van der Waals surface area (Å²) in [7, 11) is 3.13. The molecule has 25 heavy (non-hydrogen) atoms. The number of halogens is 1. The van der Waals surface area contributed by atoms with Crippen molar-refractivity contribution in [2.24, 2.45) is 5.10 Å². The van der Waals surface area contributed by atoms with Crippen LogP contribution in [0.15, 0.2) is 47.6 Å². The lowest BCUT2D eigenvalue weighted by molar-refractivity contribution is -0.130. The van der Waals surface area contributed by atoms with Gasteiger partial charge in [0.1, 0.15) is 17.3 Å². The van der Waals surface area contributed by atoms with Crippen molar-refractivity contribution in [3.63, 3.8) is 0 Å². The highest BCUT2D eigenvalue weighted by molar-refractivity contribution is 6.03. The normalized spacial score (nSPS) is 16.6. The second-order valence-corrected chi connectivity index (χ2v) is 5.76. The first-order valence-electron chi connectivity index (χ1n) is 7.88. The van der Waals surface area contributed by atoms with Gasteiger partial charge >= 0.3 is 0 Å². The van der Waals surface area contributed by atoms with Gasteiger partial charge in [-0.3, -0.25) is 4.79 Å². The van der Waals surface area contributed by atoms with Gasteiger partial charge in [-0.2, -0.15) is 5.10 Å². The van der Waals surface area contributed by atoms with Crippen molar-refractivity contribution in [2.75, 3.05) is 14.2 Å². The van der Waals surface area contributed by atoms with E-state index in [1.54, 1.807) is 38.5 Å². The number of benzene rings is 2. The summed E-state index contributed by atoms with van der Waals surface area (Å²) in [5.41, 5.74) is 1.77. The van der Waals surface area contributed by atoms with E-state index in [-0.39, 0.29) is 17.8 Å². The van der Waals surface area contributed by atoms with Gasteiger partial charge in [-0.1, -0.05) is 18.2 Å². The maximum Gasteiger partial charge on any atom is 0.240 e. The Balaban J connectivity index is 2.01. The van der Waals surface area contributed by atoms with Gasteiger partial charge in [0.25, 0.3) is 0 Å². The van der Waals surface area contributed by atoms with Crippen molar-refractivity contribution < 1.29 is 18.7 Å². The van der Waals surface area contributed by atoms with Crippen LogP contribution < -0.4 is 9.47 Å². The van der Waals surface area contributed by atoms with E-state index in [1.807, 2.05) is 12.1 Å². The molecule has 1 unspecified atom stereocenters. The molecule has 1 heterocycles. The highest BCUT2D eigenvalue weighted by atomic mass is 19.1. The van der Waals surface area contributed by atoms with Crippen LogP contribution in [-0.2, 0) is 4.79 Å². The molecule has 2 aromatic rings. The zero-order valence-corrected chi connectivity index (χ0v) is 14.3. The van der Waals surface area contributed by atoms with Gasteiger partial charge in [0, 0.05) is 25.0 Å². The molecule has 2 aromatic carbocycles. The lowest BCUT2D eigenvalue weighted by atomic mass is 9.97. The Bertz CT molecular complexity index is 813. The third-order valence-corrected chi connectivity index (χ3v) is 4.18. The molecule has 0 aromatic heterocycles. The van der Waals surface area contributed by atoms with Gasteiger partial charge in [-0.15, -0.1) is 0 Å². The Kier molecular flexibility index (Phi) is 4.70. The molecular formula is C19H19FN2O3. The maximum atomic E-state index is 14.1. The average Bonchev–Trinajstić information content (AvgIpc) is 3.07. The summed E-state index contributed by atoms with van der Waals surface area (Å²) < 4.78 is 24.7. The molecule has 0 saturated heterocycles. The molecule has 0 bridgehead atoms. The van der Waals surface area contributed by atoms with E-state index in [9.17, 15) is 9.18 Å². The Labute approximate surface area is 145 Å². The number of rotatable bonds is 4. The van der Waals surface area contributed by atoms with Crippen LogP contribution in [0.4, 0.5) is 4.39 Å².